The molecule has 0 radical (unpaired) electrons. The van der Waals surface area contributed by atoms with Gasteiger partial charge in [0, 0.05) is 5.69 Å². The number of hydrogen-bond donors (Lipinski definition) is 1. The van der Waals surface area contributed by atoms with Crippen molar-refractivity contribution < 1.29 is 19.1 Å². The number of nitrogens with one attached hydrogen (secondary N) is 1. The van der Waals surface area contributed by atoms with Crippen LogP contribution in [0.5, 0.6) is 0 Å². The summed E-state index contributed by atoms with van der Waals surface area (Å²) in [5.41, 5.74) is 1.66. The molecule has 1 unspecified atom stereocenters. The summed E-state index contributed by atoms with van der Waals surface area (Å²) in [6.07, 6.45) is -0.235. The van der Waals surface area contributed by atoms with Gasteiger partial charge in [0.05, 0.1) is 13.0 Å². The SMILES string of the molecule is CCOC(=O)CC(C(C)=O)C(=O)Nc1ccc(C)cc1. The van der Waals surface area contributed by atoms with Crippen LogP contribution < -0.4 is 5.32 Å². The van der Waals surface area contributed by atoms with Gasteiger partial charge in [-0.15, -0.1) is 0 Å². The molecule has 0 bridgehead atoms. The second kappa shape index (κ2) is 7.43. The van der Waals surface area contributed by atoms with E-state index in [-0.39, 0.29) is 18.8 Å². The Bertz CT molecular complexity index is 493. The van der Waals surface area contributed by atoms with Gasteiger partial charge in [0.1, 0.15) is 11.7 Å². The first kappa shape index (κ1) is 15.9. The lowest BCUT2D eigenvalue weighted by Crippen LogP contribution is -2.30. The third-order valence-corrected chi connectivity index (χ3v) is 2.80. The molecule has 0 aliphatic carbocycles. The summed E-state index contributed by atoms with van der Waals surface area (Å²) in [6.45, 7) is 5.12. The standard InChI is InChI=1S/C15H19NO4/c1-4-20-14(18)9-13(11(3)17)15(19)16-12-7-5-10(2)6-8-12/h5-8,13H,4,9H2,1-3H3,(H,16,19). The molecule has 1 aromatic carbocycles. The number of hydrogen-bond acceptors (Lipinski definition) is 4. The van der Waals surface area contributed by atoms with E-state index in [1.54, 1.807) is 19.1 Å². The number of Topliss-reactive ketones (excluding diaryl/α,β-unsaturated/α-hetero) is 1. The number of esters is 1. The van der Waals surface area contributed by atoms with Crippen LogP contribution >= 0.6 is 0 Å². The Hall–Kier alpha value is -2.17. The van der Waals surface area contributed by atoms with E-state index in [0.717, 1.165) is 5.56 Å². The van der Waals surface area contributed by atoms with Crippen LogP contribution in [0.3, 0.4) is 0 Å². The van der Waals surface area contributed by atoms with Gasteiger partial charge in [0.25, 0.3) is 0 Å². The van der Waals surface area contributed by atoms with Crippen molar-refractivity contribution in [2.45, 2.75) is 27.2 Å². The van der Waals surface area contributed by atoms with E-state index in [0.29, 0.717) is 5.69 Å². The summed E-state index contributed by atoms with van der Waals surface area (Å²) in [5.74, 6) is -2.42. The molecule has 0 spiro atoms. The van der Waals surface area contributed by atoms with Crippen LogP contribution in [-0.4, -0.2) is 24.3 Å². The fraction of sp³-hybridized carbons (Fsp3) is 0.400. The van der Waals surface area contributed by atoms with Crippen LogP contribution in [-0.2, 0) is 19.1 Å². The van der Waals surface area contributed by atoms with E-state index in [1.807, 2.05) is 19.1 Å². The number of ether oxygens (including phenoxy) is 1. The van der Waals surface area contributed by atoms with E-state index >= 15 is 0 Å². The van der Waals surface area contributed by atoms with E-state index in [2.05, 4.69) is 5.32 Å². The number of carbonyl (C=O) groups excluding carboxylic acids is 3. The Kier molecular flexibility index (Phi) is 5.90. The van der Waals surface area contributed by atoms with Gasteiger partial charge in [0.2, 0.25) is 5.91 Å². The van der Waals surface area contributed by atoms with Crippen molar-refractivity contribution in [3.05, 3.63) is 29.8 Å². The van der Waals surface area contributed by atoms with Crippen molar-refractivity contribution in [2.75, 3.05) is 11.9 Å². The molecule has 5 heteroatoms. The van der Waals surface area contributed by atoms with Crippen LogP contribution in [0.25, 0.3) is 0 Å². The third kappa shape index (κ3) is 4.84. The molecule has 1 rings (SSSR count). The minimum absolute atomic E-state index is 0.225. The Morgan fingerprint density at radius 3 is 2.30 bits per heavy atom. The molecule has 20 heavy (non-hydrogen) atoms. The van der Waals surface area contributed by atoms with Crippen molar-refractivity contribution in [3.63, 3.8) is 0 Å². The second-order valence-corrected chi connectivity index (χ2v) is 4.53. The number of ketones is 1. The van der Waals surface area contributed by atoms with Gasteiger partial charge in [-0.1, -0.05) is 17.7 Å². The predicted molar refractivity (Wildman–Crippen MR) is 75.2 cm³/mol. The van der Waals surface area contributed by atoms with E-state index in [4.69, 9.17) is 4.74 Å². The lowest BCUT2D eigenvalue weighted by atomic mass is 10.00. The smallest absolute Gasteiger partial charge is 0.307 e. The number of aryl methyl sites for hydroxylation is 1. The van der Waals surface area contributed by atoms with E-state index in [1.165, 1.54) is 6.92 Å². The molecule has 1 amide bonds. The van der Waals surface area contributed by atoms with E-state index < -0.39 is 17.8 Å². The molecule has 0 aliphatic heterocycles. The van der Waals surface area contributed by atoms with Gasteiger partial charge in [-0.3, -0.25) is 14.4 Å². The average Bonchev–Trinajstić information content (AvgIpc) is 2.38. The highest BCUT2D eigenvalue weighted by Crippen LogP contribution is 2.13. The molecule has 0 saturated heterocycles. The molecule has 108 valence electrons. The zero-order chi connectivity index (χ0) is 15.1. The maximum atomic E-state index is 12.0. The van der Waals surface area contributed by atoms with Gasteiger partial charge in [-0.2, -0.15) is 0 Å². The minimum Gasteiger partial charge on any atom is -0.466 e. The molecule has 1 atom stereocenters. The quantitative estimate of drug-likeness (QED) is 0.638. The summed E-state index contributed by atoms with van der Waals surface area (Å²) in [6, 6.07) is 7.19. The molecular formula is C15H19NO4. The van der Waals surface area contributed by atoms with Crippen molar-refractivity contribution in [2.24, 2.45) is 5.92 Å². The summed E-state index contributed by atoms with van der Waals surface area (Å²) in [7, 11) is 0. The predicted octanol–water partition coefficient (Wildman–Crippen LogP) is 2.09. The molecular weight excluding hydrogens is 258 g/mol. The molecule has 1 aromatic rings. The Labute approximate surface area is 118 Å². The fourth-order valence-electron chi connectivity index (χ4n) is 1.67. The topological polar surface area (TPSA) is 72.5 Å². The monoisotopic (exact) mass is 277 g/mol. The summed E-state index contributed by atoms with van der Waals surface area (Å²) >= 11 is 0. The highest BCUT2D eigenvalue weighted by Gasteiger charge is 2.27. The first-order chi connectivity index (χ1) is 9.43. The molecule has 5 nitrogen and oxygen atoms in total. The number of benzene rings is 1. The molecule has 0 saturated carbocycles. The van der Waals surface area contributed by atoms with Gasteiger partial charge in [-0.05, 0) is 32.9 Å². The van der Waals surface area contributed by atoms with Crippen molar-refractivity contribution in [3.8, 4) is 0 Å². The minimum atomic E-state index is -1.02. The normalized spacial score (nSPS) is 11.6. The summed E-state index contributed by atoms with van der Waals surface area (Å²) in [4.78, 5) is 34.9. The lowest BCUT2D eigenvalue weighted by Gasteiger charge is -2.13. The van der Waals surface area contributed by atoms with Gasteiger partial charge in [-0.25, -0.2) is 0 Å². The second-order valence-electron chi connectivity index (χ2n) is 4.53. The van der Waals surface area contributed by atoms with Crippen molar-refractivity contribution in [1.82, 2.24) is 0 Å². The number of carbonyl (C=O) groups is 3. The Balaban J connectivity index is 2.71. The number of rotatable bonds is 6. The largest absolute Gasteiger partial charge is 0.466 e. The van der Waals surface area contributed by atoms with Crippen LogP contribution in [0, 0.1) is 12.8 Å². The highest BCUT2D eigenvalue weighted by atomic mass is 16.5. The van der Waals surface area contributed by atoms with Crippen molar-refractivity contribution in [1.29, 1.82) is 0 Å². The number of anilines is 1. The molecule has 0 fully saturated rings. The summed E-state index contributed by atoms with van der Waals surface area (Å²) < 4.78 is 4.77. The zero-order valence-corrected chi connectivity index (χ0v) is 11.9. The first-order valence-corrected chi connectivity index (χ1v) is 6.47. The third-order valence-electron chi connectivity index (χ3n) is 2.80. The summed E-state index contributed by atoms with van der Waals surface area (Å²) in [5, 5.41) is 2.63. The van der Waals surface area contributed by atoms with E-state index in [9.17, 15) is 14.4 Å². The van der Waals surface area contributed by atoms with Gasteiger partial charge < -0.3 is 10.1 Å². The molecule has 1 N–H and O–H groups in total. The van der Waals surface area contributed by atoms with Crippen LogP contribution in [0.15, 0.2) is 24.3 Å². The van der Waals surface area contributed by atoms with Gasteiger partial charge in [0.15, 0.2) is 0 Å². The fourth-order valence-corrected chi connectivity index (χ4v) is 1.67. The Morgan fingerprint density at radius 2 is 1.80 bits per heavy atom. The molecule has 0 aromatic heterocycles. The van der Waals surface area contributed by atoms with Crippen LogP contribution in [0.4, 0.5) is 5.69 Å². The highest BCUT2D eigenvalue weighted by molar-refractivity contribution is 6.08. The molecule has 0 heterocycles. The number of amides is 1. The maximum absolute atomic E-state index is 12.0. The van der Waals surface area contributed by atoms with Gasteiger partial charge >= 0.3 is 5.97 Å². The van der Waals surface area contributed by atoms with Crippen LogP contribution in [0.1, 0.15) is 25.8 Å². The maximum Gasteiger partial charge on any atom is 0.307 e. The zero-order valence-electron chi connectivity index (χ0n) is 11.9. The lowest BCUT2D eigenvalue weighted by molar-refractivity contribution is -0.148. The Morgan fingerprint density at radius 1 is 1.20 bits per heavy atom. The van der Waals surface area contributed by atoms with Crippen molar-refractivity contribution >= 4 is 23.3 Å². The molecule has 0 aliphatic rings. The first-order valence-electron chi connectivity index (χ1n) is 6.47. The average molecular weight is 277 g/mol. The van der Waals surface area contributed by atoms with Crippen LogP contribution in [0.2, 0.25) is 0 Å².